The summed E-state index contributed by atoms with van der Waals surface area (Å²) in [6.07, 6.45) is 1.93. The van der Waals surface area contributed by atoms with Crippen molar-refractivity contribution in [1.29, 1.82) is 0 Å². The Labute approximate surface area is 101 Å². The lowest BCUT2D eigenvalue weighted by molar-refractivity contribution is -0.141. The standard InChI is InChI=1S/C11H20N2O4/c1-11(17,5-9(14)15)7-12-10(16)13(2)6-8-3-4-8/h8,17H,3-7H2,1-2H3,(H,12,16)(H,14,15). The highest BCUT2D eigenvalue weighted by atomic mass is 16.4. The highest BCUT2D eigenvalue weighted by Gasteiger charge is 2.27. The Hall–Kier alpha value is -1.30. The normalized spacial score (nSPS) is 18.3. The number of rotatable bonds is 6. The van der Waals surface area contributed by atoms with Gasteiger partial charge in [-0.25, -0.2) is 4.79 Å². The largest absolute Gasteiger partial charge is 0.481 e. The van der Waals surface area contributed by atoms with Crippen molar-refractivity contribution in [2.24, 2.45) is 5.92 Å². The molecule has 0 radical (unpaired) electrons. The van der Waals surface area contributed by atoms with E-state index in [1.165, 1.54) is 6.92 Å². The number of carbonyl (C=O) groups excluding carboxylic acids is 1. The van der Waals surface area contributed by atoms with Crippen LogP contribution in [0.4, 0.5) is 4.79 Å². The molecule has 98 valence electrons. The molecule has 1 atom stereocenters. The molecule has 3 N–H and O–H groups in total. The van der Waals surface area contributed by atoms with Gasteiger partial charge in [0.15, 0.2) is 0 Å². The molecule has 1 saturated carbocycles. The van der Waals surface area contributed by atoms with E-state index in [-0.39, 0.29) is 19.0 Å². The molecule has 1 unspecified atom stereocenters. The van der Waals surface area contributed by atoms with Crippen molar-refractivity contribution in [1.82, 2.24) is 10.2 Å². The summed E-state index contributed by atoms with van der Waals surface area (Å²) in [7, 11) is 1.69. The minimum atomic E-state index is -1.41. The van der Waals surface area contributed by atoms with E-state index in [2.05, 4.69) is 5.32 Å². The highest BCUT2D eigenvalue weighted by Crippen LogP contribution is 2.29. The summed E-state index contributed by atoms with van der Waals surface area (Å²) in [5.74, 6) is -0.485. The first-order valence-electron chi connectivity index (χ1n) is 5.73. The highest BCUT2D eigenvalue weighted by molar-refractivity contribution is 5.74. The molecule has 2 amide bonds. The van der Waals surface area contributed by atoms with E-state index >= 15 is 0 Å². The second-order valence-electron chi connectivity index (χ2n) is 5.05. The molecule has 0 spiro atoms. The fourth-order valence-electron chi connectivity index (χ4n) is 1.56. The van der Waals surface area contributed by atoms with Crippen molar-refractivity contribution < 1.29 is 19.8 Å². The SMILES string of the molecule is CN(CC1CC1)C(=O)NCC(C)(O)CC(=O)O. The Morgan fingerprint density at radius 2 is 2.06 bits per heavy atom. The molecule has 0 aromatic heterocycles. The number of nitrogens with zero attached hydrogens (tertiary/aromatic N) is 1. The van der Waals surface area contributed by atoms with Gasteiger partial charge >= 0.3 is 12.0 Å². The molecule has 0 bridgehead atoms. The quantitative estimate of drug-likeness (QED) is 0.625. The molecule has 0 aromatic rings. The maximum absolute atomic E-state index is 11.6. The lowest BCUT2D eigenvalue weighted by Gasteiger charge is -2.24. The second-order valence-corrected chi connectivity index (χ2v) is 5.05. The molecule has 0 saturated heterocycles. The fraction of sp³-hybridized carbons (Fsp3) is 0.818. The zero-order valence-electron chi connectivity index (χ0n) is 10.3. The van der Waals surface area contributed by atoms with Crippen LogP contribution in [0.5, 0.6) is 0 Å². The number of urea groups is 1. The summed E-state index contributed by atoms with van der Waals surface area (Å²) >= 11 is 0. The maximum atomic E-state index is 11.6. The predicted molar refractivity (Wildman–Crippen MR) is 61.6 cm³/mol. The molecule has 1 fully saturated rings. The summed E-state index contributed by atoms with van der Waals surface area (Å²) in [5.41, 5.74) is -1.41. The van der Waals surface area contributed by atoms with Crippen LogP contribution in [0.25, 0.3) is 0 Å². The van der Waals surface area contributed by atoms with Crippen molar-refractivity contribution in [3.05, 3.63) is 0 Å². The van der Waals surface area contributed by atoms with Crippen molar-refractivity contribution >= 4 is 12.0 Å². The summed E-state index contributed by atoms with van der Waals surface area (Å²) in [5, 5.41) is 20.8. The van der Waals surface area contributed by atoms with E-state index in [0.29, 0.717) is 12.5 Å². The van der Waals surface area contributed by atoms with Gasteiger partial charge in [-0.1, -0.05) is 0 Å². The van der Waals surface area contributed by atoms with Gasteiger partial charge < -0.3 is 20.4 Å². The summed E-state index contributed by atoms with van der Waals surface area (Å²) in [6.45, 7) is 2.04. The summed E-state index contributed by atoms with van der Waals surface area (Å²) < 4.78 is 0. The van der Waals surface area contributed by atoms with E-state index in [1.54, 1.807) is 11.9 Å². The monoisotopic (exact) mass is 244 g/mol. The minimum Gasteiger partial charge on any atom is -0.481 e. The van der Waals surface area contributed by atoms with E-state index < -0.39 is 11.6 Å². The third kappa shape index (κ3) is 5.53. The van der Waals surface area contributed by atoms with Gasteiger partial charge in [-0.2, -0.15) is 0 Å². The van der Waals surface area contributed by atoms with E-state index in [1.807, 2.05) is 0 Å². The molecule has 1 aliphatic rings. The number of carboxylic acids is 1. The average Bonchev–Trinajstić information content (AvgIpc) is 2.96. The van der Waals surface area contributed by atoms with E-state index in [4.69, 9.17) is 5.11 Å². The number of hydrogen-bond acceptors (Lipinski definition) is 3. The molecule has 1 rings (SSSR count). The first-order valence-corrected chi connectivity index (χ1v) is 5.73. The number of aliphatic carboxylic acids is 1. The van der Waals surface area contributed by atoms with Crippen LogP contribution in [0, 0.1) is 5.92 Å². The van der Waals surface area contributed by atoms with E-state index in [0.717, 1.165) is 12.8 Å². The van der Waals surface area contributed by atoms with Crippen molar-refractivity contribution in [2.75, 3.05) is 20.1 Å². The number of amides is 2. The van der Waals surface area contributed by atoms with Crippen molar-refractivity contribution in [3.63, 3.8) is 0 Å². The lowest BCUT2D eigenvalue weighted by atomic mass is 10.0. The van der Waals surface area contributed by atoms with Gasteiger partial charge in [0, 0.05) is 20.1 Å². The molecular weight excluding hydrogens is 224 g/mol. The van der Waals surface area contributed by atoms with Crippen molar-refractivity contribution in [3.8, 4) is 0 Å². The molecule has 0 aliphatic heterocycles. The van der Waals surface area contributed by atoms with E-state index in [9.17, 15) is 14.7 Å². The molecule has 0 aromatic carbocycles. The number of nitrogens with one attached hydrogen (secondary N) is 1. The van der Waals surface area contributed by atoms with Crippen LogP contribution in [0.3, 0.4) is 0 Å². The number of aliphatic hydroxyl groups is 1. The molecular formula is C11H20N2O4. The van der Waals surface area contributed by atoms with Gasteiger partial charge in [0.25, 0.3) is 0 Å². The van der Waals surface area contributed by atoms with Crippen LogP contribution in [-0.4, -0.2) is 52.9 Å². The number of carboxylic acid groups (broad SMARTS) is 1. The lowest BCUT2D eigenvalue weighted by Crippen LogP contribution is -2.46. The van der Waals surface area contributed by atoms with Gasteiger partial charge in [0.1, 0.15) is 0 Å². The third-order valence-corrected chi connectivity index (χ3v) is 2.73. The Morgan fingerprint density at radius 3 is 2.53 bits per heavy atom. The second kappa shape index (κ2) is 5.35. The molecule has 6 nitrogen and oxygen atoms in total. The molecule has 17 heavy (non-hydrogen) atoms. The Kier molecular flexibility index (Phi) is 4.34. The Bertz CT molecular complexity index is 300. The van der Waals surface area contributed by atoms with Gasteiger partial charge in [0.05, 0.1) is 12.0 Å². The topological polar surface area (TPSA) is 89.9 Å². The van der Waals surface area contributed by atoms with Gasteiger partial charge in [0.2, 0.25) is 0 Å². The number of hydrogen-bond donors (Lipinski definition) is 3. The van der Waals surface area contributed by atoms with Crippen LogP contribution in [0.15, 0.2) is 0 Å². The molecule has 6 heteroatoms. The van der Waals surface area contributed by atoms with Crippen LogP contribution in [0.1, 0.15) is 26.2 Å². The van der Waals surface area contributed by atoms with Crippen molar-refractivity contribution in [2.45, 2.75) is 31.8 Å². The first-order chi connectivity index (χ1) is 7.80. The van der Waals surface area contributed by atoms with Gasteiger partial charge in [-0.15, -0.1) is 0 Å². The van der Waals surface area contributed by atoms with Crippen LogP contribution >= 0.6 is 0 Å². The summed E-state index contributed by atoms with van der Waals surface area (Å²) in [4.78, 5) is 23.6. The first kappa shape index (κ1) is 13.8. The Morgan fingerprint density at radius 1 is 1.47 bits per heavy atom. The minimum absolute atomic E-state index is 0.0624. The smallest absolute Gasteiger partial charge is 0.317 e. The molecule has 0 heterocycles. The third-order valence-electron chi connectivity index (χ3n) is 2.73. The summed E-state index contributed by atoms with van der Waals surface area (Å²) in [6, 6.07) is -0.275. The average molecular weight is 244 g/mol. The Balaban J connectivity index is 2.27. The number of carbonyl (C=O) groups is 2. The zero-order chi connectivity index (χ0) is 13.1. The van der Waals surface area contributed by atoms with Crippen LogP contribution in [-0.2, 0) is 4.79 Å². The predicted octanol–water partition coefficient (Wildman–Crippen LogP) is 0.263. The zero-order valence-corrected chi connectivity index (χ0v) is 10.3. The maximum Gasteiger partial charge on any atom is 0.317 e. The molecule has 1 aliphatic carbocycles. The van der Waals surface area contributed by atoms with Gasteiger partial charge in [-0.05, 0) is 25.7 Å². The fourth-order valence-corrected chi connectivity index (χ4v) is 1.56. The van der Waals surface area contributed by atoms with Crippen LogP contribution in [0.2, 0.25) is 0 Å². The van der Waals surface area contributed by atoms with Crippen LogP contribution < -0.4 is 5.32 Å². The van der Waals surface area contributed by atoms with Gasteiger partial charge in [-0.3, -0.25) is 4.79 Å².